The third-order valence-corrected chi connectivity index (χ3v) is 2.54. The first-order valence-corrected chi connectivity index (χ1v) is 4.80. The number of fused-ring (bicyclic) bond motifs is 1. The zero-order valence-electron chi connectivity index (χ0n) is 9.03. The Labute approximate surface area is 109 Å². The van der Waals surface area contributed by atoms with E-state index in [1.54, 1.807) is 13.0 Å². The van der Waals surface area contributed by atoms with Gasteiger partial charge in [0.25, 0.3) is 0 Å². The van der Waals surface area contributed by atoms with Crippen molar-refractivity contribution >= 4 is 27.0 Å². The summed E-state index contributed by atoms with van der Waals surface area (Å²) >= 11 is 0. The molecular weight excluding hydrogens is 247 g/mol. The van der Waals surface area contributed by atoms with Gasteiger partial charge >= 0.3 is 0 Å². The molecule has 2 atom stereocenters. The molecule has 0 bridgehead atoms. The highest BCUT2D eigenvalue weighted by Gasteiger charge is 2.23. The number of aliphatic hydroxyl groups excluding tert-OH is 1. The molecule has 0 saturated heterocycles. The lowest BCUT2D eigenvalue weighted by molar-refractivity contribution is 0.0356. The largest absolute Gasteiger partial charge is 0.487 e. The van der Waals surface area contributed by atoms with Crippen LogP contribution in [-0.4, -0.2) is 17.3 Å². The van der Waals surface area contributed by atoms with E-state index in [-0.39, 0.29) is 38.9 Å². The summed E-state index contributed by atoms with van der Waals surface area (Å²) in [6.45, 7) is 1.71. The van der Waals surface area contributed by atoms with Gasteiger partial charge in [0, 0.05) is 0 Å². The summed E-state index contributed by atoms with van der Waals surface area (Å²) < 4.78 is 18.4. The number of aliphatic hydroxyl groups is 1. The molecule has 0 saturated carbocycles. The Hall–Kier alpha value is -0.390. The maximum atomic E-state index is 12.8. The molecule has 0 amide bonds. The van der Waals surface area contributed by atoms with E-state index in [0.29, 0.717) is 5.75 Å². The van der Waals surface area contributed by atoms with Crippen LogP contribution in [0.1, 0.15) is 18.9 Å². The maximum absolute atomic E-state index is 12.8. The van der Waals surface area contributed by atoms with E-state index in [1.165, 1.54) is 12.1 Å². The minimum atomic E-state index is -0.479. The van der Waals surface area contributed by atoms with E-state index in [1.807, 2.05) is 0 Å². The van der Waals surface area contributed by atoms with E-state index >= 15 is 0 Å². The molecule has 1 unspecified atom stereocenters. The molecule has 1 aromatic rings. The van der Waals surface area contributed by atoms with Crippen molar-refractivity contribution in [2.75, 3.05) is 0 Å². The molecule has 0 spiro atoms. The second-order valence-electron chi connectivity index (χ2n) is 3.69. The summed E-state index contributed by atoms with van der Waals surface area (Å²) in [5, 5.41) is 9.36. The molecule has 1 aliphatic heterocycles. The first kappa shape index (κ1) is 15.6. The molecule has 2 nitrogen and oxygen atoms in total. The zero-order chi connectivity index (χ0) is 10.1. The summed E-state index contributed by atoms with van der Waals surface area (Å²) in [6.07, 6.45) is 0.873. The molecule has 5 heteroatoms. The zero-order valence-corrected chi connectivity index (χ0v) is 11.0. The van der Waals surface area contributed by atoms with Gasteiger partial charge in [-0.25, -0.2) is 4.39 Å². The first-order valence-electron chi connectivity index (χ1n) is 4.80. The van der Waals surface area contributed by atoms with Gasteiger partial charge in [-0.2, -0.15) is 27.0 Å². The Morgan fingerprint density at radius 2 is 2.12 bits per heavy atom. The topological polar surface area (TPSA) is 29.5 Å². The van der Waals surface area contributed by atoms with Crippen molar-refractivity contribution in [1.29, 1.82) is 0 Å². The predicted molar refractivity (Wildman–Crippen MR) is 71.6 cm³/mol. The molecule has 1 aromatic carbocycles. The van der Waals surface area contributed by atoms with Crippen LogP contribution in [0.5, 0.6) is 5.75 Å². The molecule has 1 heterocycles. The Morgan fingerprint density at radius 1 is 1.44 bits per heavy atom. The maximum Gasteiger partial charge on any atom is 0.125 e. The molecule has 0 fully saturated rings. The lowest BCUT2D eigenvalue weighted by Gasteiger charge is -2.27. The van der Waals surface area contributed by atoms with Crippen molar-refractivity contribution in [1.82, 2.24) is 0 Å². The van der Waals surface area contributed by atoms with E-state index in [0.717, 1.165) is 18.4 Å². The molecule has 1 N–H and O–H groups in total. The van der Waals surface area contributed by atoms with Crippen molar-refractivity contribution in [2.45, 2.75) is 32.0 Å². The van der Waals surface area contributed by atoms with Crippen molar-refractivity contribution < 1.29 is 14.2 Å². The molecule has 0 aliphatic carbocycles. The van der Waals surface area contributed by atoms with Gasteiger partial charge < -0.3 is 9.84 Å². The quantitative estimate of drug-likeness (QED) is 0.842. The standard InChI is InChI=1S/C11H13FO2.2H2S/c1-7(13)10-4-2-8-6-9(12)3-5-11(8)14-10;;/h3,5-7,10,13H,2,4H2,1H3;2*1H2/t7-,10?;;/m0../s1. The summed E-state index contributed by atoms with van der Waals surface area (Å²) in [7, 11) is 0. The van der Waals surface area contributed by atoms with Crippen molar-refractivity contribution in [3.8, 4) is 5.75 Å². The third-order valence-electron chi connectivity index (χ3n) is 2.54. The summed E-state index contributed by atoms with van der Waals surface area (Å²) in [4.78, 5) is 0. The van der Waals surface area contributed by atoms with Crippen LogP contribution in [-0.2, 0) is 6.42 Å². The number of halogens is 1. The Kier molecular flexibility index (Phi) is 6.22. The van der Waals surface area contributed by atoms with Gasteiger partial charge in [-0.05, 0) is 43.5 Å². The van der Waals surface area contributed by atoms with Crippen LogP contribution in [0.3, 0.4) is 0 Å². The smallest absolute Gasteiger partial charge is 0.125 e. The molecule has 16 heavy (non-hydrogen) atoms. The van der Waals surface area contributed by atoms with Gasteiger partial charge in [-0.1, -0.05) is 0 Å². The fourth-order valence-electron chi connectivity index (χ4n) is 1.72. The van der Waals surface area contributed by atoms with Gasteiger partial charge in [0.15, 0.2) is 0 Å². The van der Waals surface area contributed by atoms with E-state index < -0.39 is 6.10 Å². The molecule has 0 aromatic heterocycles. The minimum Gasteiger partial charge on any atom is -0.487 e. The van der Waals surface area contributed by atoms with Gasteiger partial charge in [-0.15, -0.1) is 0 Å². The lowest BCUT2D eigenvalue weighted by Crippen LogP contribution is -2.32. The molecule has 2 rings (SSSR count). The highest BCUT2D eigenvalue weighted by atomic mass is 32.1. The fraction of sp³-hybridized carbons (Fsp3) is 0.455. The first-order chi connectivity index (χ1) is 6.66. The number of benzene rings is 1. The Morgan fingerprint density at radius 3 is 2.75 bits per heavy atom. The monoisotopic (exact) mass is 264 g/mol. The normalized spacial score (nSPS) is 19.6. The van der Waals surface area contributed by atoms with Gasteiger partial charge in [-0.3, -0.25) is 0 Å². The van der Waals surface area contributed by atoms with Crippen LogP contribution < -0.4 is 4.74 Å². The van der Waals surface area contributed by atoms with Crippen molar-refractivity contribution in [3.63, 3.8) is 0 Å². The third kappa shape index (κ3) is 3.30. The number of hydrogen-bond donors (Lipinski definition) is 1. The van der Waals surface area contributed by atoms with Crippen LogP contribution in [0.4, 0.5) is 4.39 Å². The molecule has 92 valence electrons. The number of aryl methyl sites for hydroxylation is 1. The summed E-state index contributed by atoms with van der Waals surface area (Å²) in [5.41, 5.74) is 0.891. The van der Waals surface area contributed by atoms with Crippen LogP contribution in [0.2, 0.25) is 0 Å². The summed E-state index contributed by atoms with van der Waals surface area (Å²) in [6, 6.07) is 4.50. The van der Waals surface area contributed by atoms with E-state index in [4.69, 9.17) is 4.74 Å². The second-order valence-corrected chi connectivity index (χ2v) is 3.69. The number of ether oxygens (including phenoxy) is 1. The minimum absolute atomic E-state index is 0. The SMILES string of the molecule is C[C@H](O)C1CCc2cc(F)ccc2O1.S.S. The highest BCUT2D eigenvalue weighted by molar-refractivity contribution is 7.59. The molecule has 1 aliphatic rings. The van der Waals surface area contributed by atoms with Gasteiger partial charge in [0.1, 0.15) is 17.7 Å². The number of rotatable bonds is 1. The average Bonchev–Trinajstić information content (AvgIpc) is 2.16. The number of hydrogen-bond acceptors (Lipinski definition) is 2. The van der Waals surface area contributed by atoms with Crippen molar-refractivity contribution in [3.05, 3.63) is 29.6 Å². The average molecular weight is 264 g/mol. The second kappa shape index (κ2) is 6.37. The lowest BCUT2D eigenvalue weighted by atomic mass is 10.00. The van der Waals surface area contributed by atoms with Crippen LogP contribution >= 0.6 is 27.0 Å². The van der Waals surface area contributed by atoms with E-state index in [2.05, 4.69) is 0 Å². The van der Waals surface area contributed by atoms with E-state index in [9.17, 15) is 9.50 Å². The van der Waals surface area contributed by atoms with Crippen LogP contribution in [0.15, 0.2) is 18.2 Å². The highest BCUT2D eigenvalue weighted by Crippen LogP contribution is 2.29. The van der Waals surface area contributed by atoms with Crippen molar-refractivity contribution in [2.24, 2.45) is 0 Å². The summed E-state index contributed by atoms with van der Waals surface area (Å²) in [5.74, 6) is 0.464. The van der Waals surface area contributed by atoms with Crippen LogP contribution in [0.25, 0.3) is 0 Å². The Bertz CT molecular complexity index is 345. The van der Waals surface area contributed by atoms with Gasteiger partial charge in [0.05, 0.1) is 6.10 Å². The molecule has 0 radical (unpaired) electrons. The van der Waals surface area contributed by atoms with Crippen LogP contribution in [0, 0.1) is 5.82 Å². The predicted octanol–water partition coefficient (Wildman–Crippen LogP) is 2.13. The molecular formula is C11H17FO2S2. The fourth-order valence-corrected chi connectivity index (χ4v) is 1.72. The Balaban J connectivity index is 0.00000112. The van der Waals surface area contributed by atoms with Gasteiger partial charge in [0.2, 0.25) is 0 Å².